The zero-order valence-corrected chi connectivity index (χ0v) is 12.9. The highest BCUT2D eigenvalue weighted by Crippen LogP contribution is 2.19. The number of hydrogen-bond acceptors (Lipinski definition) is 3. The number of nitrogens with one attached hydrogen (secondary N) is 1. The maximum atomic E-state index is 11.9. The van der Waals surface area contributed by atoms with Crippen molar-refractivity contribution in [1.29, 1.82) is 0 Å². The minimum Gasteiger partial charge on any atom is -0.356 e. The number of nitrogens with zero attached hydrogens (tertiary/aromatic N) is 1. The molecule has 4 heteroatoms. The van der Waals surface area contributed by atoms with Crippen LogP contribution in [0.15, 0.2) is 30.3 Å². The highest BCUT2D eigenvalue weighted by molar-refractivity contribution is 5.76. The van der Waals surface area contributed by atoms with Crippen LogP contribution in [0.3, 0.4) is 0 Å². The van der Waals surface area contributed by atoms with Crippen molar-refractivity contribution < 1.29 is 4.79 Å². The smallest absolute Gasteiger partial charge is 0.221 e. The SMILES string of the molecule is CN1CCC(CCNC(=O)CC(N)c2ccccc2)CC1. The molecule has 4 nitrogen and oxygen atoms in total. The van der Waals surface area contributed by atoms with E-state index in [4.69, 9.17) is 5.73 Å². The molecule has 21 heavy (non-hydrogen) atoms. The molecule has 1 unspecified atom stereocenters. The van der Waals surface area contributed by atoms with Gasteiger partial charge >= 0.3 is 0 Å². The van der Waals surface area contributed by atoms with E-state index in [0.29, 0.717) is 6.42 Å². The third-order valence-corrected chi connectivity index (χ3v) is 4.35. The summed E-state index contributed by atoms with van der Waals surface area (Å²) in [5.74, 6) is 0.809. The van der Waals surface area contributed by atoms with Crippen molar-refractivity contribution in [3.63, 3.8) is 0 Å². The summed E-state index contributed by atoms with van der Waals surface area (Å²) in [5.41, 5.74) is 7.08. The summed E-state index contributed by atoms with van der Waals surface area (Å²) in [7, 11) is 2.17. The second-order valence-corrected chi connectivity index (χ2v) is 6.11. The van der Waals surface area contributed by atoms with Crippen molar-refractivity contribution in [1.82, 2.24) is 10.2 Å². The predicted molar refractivity (Wildman–Crippen MR) is 85.8 cm³/mol. The molecule has 116 valence electrons. The first-order valence-electron chi connectivity index (χ1n) is 7.91. The Bertz CT molecular complexity index is 427. The Kier molecular flexibility index (Phi) is 6.21. The molecule has 1 aliphatic heterocycles. The van der Waals surface area contributed by atoms with Gasteiger partial charge in [-0.2, -0.15) is 0 Å². The molecule has 0 aromatic heterocycles. The first kappa shape index (κ1) is 16.0. The van der Waals surface area contributed by atoms with E-state index in [0.717, 1.165) is 24.4 Å². The minimum atomic E-state index is -0.213. The molecule has 2 rings (SSSR count). The Morgan fingerprint density at radius 2 is 2.00 bits per heavy atom. The number of carbonyl (C=O) groups is 1. The Balaban J connectivity index is 1.63. The molecular formula is C17H27N3O. The molecule has 1 aromatic rings. The van der Waals surface area contributed by atoms with Crippen LogP contribution in [-0.2, 0) is 4.79 Å². The minimum absolute atomic E-state index is 0.0549. The summed E-state index contributed by atoms with van der Waals surface area (Å²) in [4.78, 5) is 14.3. The largest absolute Gasteiger partial charge is 0.356 e. The van der Waals surface area contributed by atoms with Gasteiger partial charge in [-0.15, -0.1) is 0 Å². The van der Waals surface area contributed by atoms with Crippen LogP contribution < -0.4 is 11.1 Å². The summed E-state index contributed by atoms with van der Waals surface area (Å²) < 4.78 is 0. The van der Waals surface area contributed by atoms with E-state index < -0.39 is 0 Å². The van der Waals surface area contributed by atoms with Gasteiger partial charge in [0.15, 0.2) is 0 Å². The summed E-state index contributed by atoms with van der Waals surface area (Å²) >= 11 is 0. The van der Waals surface area contributed by atoms with Crippen molar-refractivity contribution in [3.8, 4) is 0 Å². The van der Waals surface area contributed by atoms with Crippen LogP contribution in [0.25, 0.3) is 0 Å². The van der Waals surface area contributed by atoms with Gasteiger partial charge in [-0.1, -0.05) is 30.3 Å². The number of nitrogens with two attached hydrogens (primary N) is 1. The molecule has 1 amide bonds. The highest BCUT2D eigenvalue weighted by atomic mass is 16.1. The number of carbonyl (C=O) groups excluding carboxylic acids is 1. The molecule has 0 spiro atoms. The quantitative estimate of drug-likeness (QED) is 0.841. The molecule has 1 saturated heterocycles. The predicted octanol–water partition coefficient (Wildman–Crippen LogP) is 1.92. The van der Waals surface area contributed by atoms with Crippen LogP contribution in [0.2, 0.25) is 0 Å². The van der Waals surface area contributed by atoms with Crippen molar-refractivity contribution >= 4 is 5.91 Å². The second kappa shape index (κ2) is 8.15. The van der Waals surface area contributed by atoms with Crippen molar-refractivity contribution in [2.45, 2.75) is 31.7 Å². The molecule has 0 bridgehead atoms. The van der Waals surface area contributed by atoms with E-state index in [2.05, 4.69) is 17.3 Å². The second-order valence-electron chi connectivity index (χ2n) is 6.11. The normalized spacial score (nSPS) is 18.4. The Labute approximate surface area is 127 Å². The van der Waals surface area contributed by atoms with Gasteiger partial charge in [-0.05, 0) is 50.9 Å². The number of amides is 1. The van der Waals surface area contributed by atoms with Crippen LogP contribution in [0.4, 0.5) is 0 Å². The highest BCUT2D eigenvalue weighted by Gasteiger charge is 2.17. The number of hydrogen-bond donors (Lipinski definition) is 2. The summed E-state index contributed by atoms with van der Waals surface area (Å²) in [6.07, 6.45) is 3.93. The maximum Gasteiger partial charge on any atom is 0.221 e. The summed E-state index contributed by atoms with van der Waals surface area (Å²) in [6, 6.07) is 9.58. The van der Waals surface area contributed by atoms with E-state index in [1.54, 1.807) is 0 Å². The molecule has 1 aromatic carbocycles. The molecule has 0 saturated carbocycles. The van der Waals surface area contributed by atoms with Crippen LogP contribution in [0, 0.1) is 5.92 Å². The Hall–Kier alpha value is -1.39. The van der Waals surface area contributed by atoms with E-state index in [9.17, 15) is 4.79 Å². The van der Waals surface area contributed by atoms with E-state index in [1.807, 2.05) is 30.3 Å². The van der Waals surface area contributed by atoms with Crippen molar-refractivity contribution in [2.75, 3.05) is 26.7 Å². The van der Waals surface area contributed by atoms with E-state index in [-0.39, 0.29) is 11.9 Å². The fourth-order valence-corrected chi connectivity index (χ4v) is 2.86. The van der Waals surface area contributed by atoms with Gasteiger partial charge < -0.3 is 16.0 Å². The van der Waals surface area contributed by atoms with E-state index >= 15 is 0 Å². The van der Waals surface area contributed by atoms with Crippen LogP contribution in [-0.4, -0.2) is 37.5 Å². The summed E-state index contributed by atoms with van der Waals surface area (Å²) in [5, 5.41) is 3.01. The van der Waals surface area contributed by atoms with Crippen molar-refractivity contribution in [2.24, 2.45) is 11.7 Å². The van der Waals surface area contributed by atoms with Gasteiger partial charge in [-0.25, -0.2) is 0 Å². The van der Waals surface area contributed by atoms with Crippen LogP contribution in [0.5, 0.6) is 0 Å². The Morgan fingerprint density at radius 3 is 2.67 bits per heavy atom. The molecule has 1 aliphatic rings. The molecule has 0 radical (unpaired) electrons. The van der Waals surface area contributed by atoms with Crippen LogP contribution in [0.1, 0.15) is 37.3 Å². The molecule has 0 aliphatic carbocycles. The standard InChI is InChI=1S/C17H27N3O/c1-20-11-8-14(9-12-20)7-10-19-17(21)13-16(18)15-5-3-2-4-6-15/h2-6,14,16H,7-13,18H2,1H3,(H,19,21). The van der Waals surface area contributed by atoms with Gasteiger partial charge in [0.1, 0.15) is 0 Å². The average Bonchev–Trinajstić information content (AvgIpc) is 2.50. The average molecular weight is 289 g/mol. The lowest BCUT2D eigenvalue weighted by atomic mass is 9.94. The monoisotopic (exact) mass is 289 g/mol. The third-order valence-electron chi connectivity index (χ3n) is 4.35. The zero-order valence-electron chi connectivity index (χ0n) is 12.9. The van der Waals surface area contributed by atoms with Gasteiger partial charge in [0.05, 0.1) is 0 Å². The first-order chi connectivity index (χ1) is 10.1. The topological polar surface area (TPSA) is 58.4 Å². The lowest BCUT2D eigenvalue weighted by Gasteiger charge is -2.28. The molecule has 1 fully saturated rings. The fourth-order valence-electron chi connectivity index (χ4n) is 2.86. The number of piperidine rings is 1. The van der Waals surface area contributed by atoms with Gasteiger partial charge in [0.25, 0.3) is 0 Å². The third kappa shape index (κ3) is 5.48. The number of rotatable bonds is 6. The molecule has 3 N–H and O–H groups in total. The summed E-state index contributed by atoms with van der Waals surface area (Å²) in [6.45, 7) is 3.13. The van der Waals surface area contributed by atoms with Gasteiger partial charge in [-0.3, -0.25) is 4.79 Å². The maximum absolute atomic E-state index is 11.9. The molecule has 1 heterocycles. The number of benzene rings is 1. The Morgan fingerprint density at radius 1 is 1.33 bits per heavy atom. The fraction of sp³-hybridized carbons (Fsp3) is 0.588. The number of likely N-dealkylation sites (tertiary alicyclic amines) is 1. The molecule has 1 atom stereocenters. The van der Waals surface area contributed by atoms with Gasteiger partial charge in [0.2, 0.25) is 5.91 Å². The van der Waals surface area contributed by atoms with Crippen molar-refractivity contribution in [3.05, 3.63) is 35.9 Å². The van der Waals surface area contributed by atoms with Gasteiger partial charge in [0, 0.05) is 19.0 Å². The molecular weight excluding hydrogens is 262 g/mol. The first-order valence-corrected chi connectivity index (χ1v) is 7.91. The lowest BCUT2D eigenvalue weighted by Crippen LogP contribution is -2.33. The lowest BCUT2D eigenvalue weighted by molar-refractivity contribution is -0.121. The van der Waals surface area contributed by atoms with Crippen LogP contribution >= 0.6 is 0 Å². The zero-order chi connectivity index (χ0) is 15.1. The van der Waals surface area contributed by atoms with E-state index in [1.165, 1.54) is 25.9 Å².